The Bertz CT molecular complexity index is 610. The van der Waals surface area contributed by atoms with Crippen LogP contribution in [0.5, 0.6) is 0 Å². The van der Waals surface area contributed by atoms with Crippen molar-refractivity contribution in [3.8, 4) is 0 Å². The lowest BCUT2D eigenvalue weighted by Gasteiger charge is -2.02. The van der Waals surface area contributed by atoms with Crippen molar-refractivity contribution in [2.75, 3.05) is 6.54 Å². The molecule has 0 bridgehead atoms. The Morgan fingerprint density at radius 2 is 2.24 bits per heavy atom. The zero-order valence-corrected chi connectivity index (χ0v) is 9.82. The van der Waals surface area contributed by atoms with Crippen molar-refractivity contribution < 1.29 is 9.21 Å². The second-order valence-corrected chi connectivity index (χ2v) is 3.86. The summed E-state index contributed by atoms with van der Waals surface area (Å²) in [6.07, 6.45) is 0.309. The fraction of sp³-hybridized carbons (Fsp3) is 0.333. The van der Waals surface area contributed by atoms with Gasteiger partial charge in [-0.05, 0) is 24.6 Å². The lowest BCUT2D eigenvalue weighted by atomic mass is 10.1. The number of hydrogen-bond donors (Lipinski definition) is 1. The minimum atomic E-state index is -0.393. The Morgan fingerprint density at radius 1 is 1.47 bits per heavy atom. The lowest BCUT2D eigenvalue weighted by molar-refractivity contribution is -0.120. The molecule has 0 unspecified atom stereocenters. The molecule has 1 amide bonds. The number of carbonyl (C=O) groups excluding carboxylic acids is 1. The highest BCUT2D eigenvalue weighted by Crippen LogP contribution is 2.14. The van der Waals surface area contributed by atoms with Crippen LogP contribution in [0.3, 0.4) is 0 Å². The van der Waals surface area contributed by atoms with Crippen LogP contribution in [0.4, 0.5) is 0 Å². The van der Waals surface area contributed by atoms with Crippen molar-refractivity contribution in [2.45, 2.75) is 13.3 Å². The van der Waals surface area contributed by atoms with Crippen LogP contribution in [0.25, 0.3) is 11.1 Å². The van der Waals surface area contributed by atoms with E-state index >= 15 is 0 Å². The quantitative estimate of drug-likeness (QED) is 0.854. The van der Waals surface area contributed by atoms with Crippen molar-refractivity contribution in [3.05, 3.63) is 34.3 Å². The lowest BCUT2D eigenvalue weighted by Crippen LogP contribution is -2.24. The predicted molar refractivity (Wildman–Crippen MR) is 63.8 cm³/mol. The van der Waals surface area contributed by atoms with Gasteiger partial charge in [-0.1, -0.05) is 6.07 Å². The molecule has 5 heteroatoms. The van der Waals surface area contributed by atoms with Gasteiger partial charge in [-0.2, -0.15) is 0 Å². The average molecular weight is 234 g/mol. The average Bonchev–Trinajstić information content (AvgIpc) is 2.56. The third-order valence-corrected chi connectivity index (χ3v) is 2.59. The number of likely N-dealkylation sites (N-methyl/N-ethyl adjacent to an activating group) is 1. The topological polar surface area (TPSA) is 64.2 Å². The summed E-state index contributed by atoms with van der Waals surface area (Å²) >= 11 is 0. The fourth-order valence-electron chi connectivity index (χ4n) is 1.73. The molecule has 17 heavy (non-hydrogen) atoms. The van der Waals surface area contributed by atoms with Crippen molar-refractivity contribution in [3.63, 3.8) is 0 Å². The van der Waals surface area contributed by atoms with E-state index < -0.39 is 5.76 Å². The Kier molecular flexibility index (Phi) is 2.99. The second kappa shape index (κ2) is 4.45. The van der Waals surface area contributed by atoms with Crippen LogP contribution in [-0.2, 0) is 18.3 Å². The van der Waals surface area contributed by atoms with Crippen molar-refractivity contribution >= 4 is 17.0 Å². The van der Waals surface area contributed by atoms with E-state index in [1.54, 1.807) is 25.2 Å². The summed E-state index contributed by atoms with van der Waals surface area (Å²) in [6.45, 7) is 2.49. The molecule has 0 aliphatic heterocycles. The number of hydrogen-bond acceptors (Lipinski definition) is 3. The first-order valence-corrected chi connectivity index (χ1v) is 5.47. The van der Waals surface area contributed by atoms with Gasteiger partial charge in [-0.25, -0.2) is 4.79 Å². The Hall–Kier alpha value is -2.04. The molecule has 0 spiro atoms. The highest BCUT2D eigenvalue weighted by atomic mass is 16.4. The standard InChI is InChI=1S/C12H14N2O3/c1-3-13-11(15)7-8-4-5-10-9(6-8)14(2)12(16)17-10/h4-6H,3,7H2,1-2H3,(H,13,15). The zero-order valence-electron chi connectivity index (χ0n) is 9.82. The molecule has 5 nitrogen and oxygen atoms in total. The summed E-state index contributed by atoms with van der Waals surface area (Å²) < 4.78 is 6.44. The van der Waals surface area contributed by atoms with E-state index in [9.17, 15) is 9.59 Å². The number of benzene rings is 1. The molecule has 1 aromatic heterocycles. The molecular formula is C12H14N2O3. The van der Waals surface area contributed by atoms with Gasteiger partial charge in [0, 0.05) is 13.6 Å². The van der Waals surface area contributed by atoms with Crippen LogP contribution < -0.4 is 11.1 Å². The van der Waals surface area contributed by atoms with Gasteiger partial charge in [-0.3, -0.25) is 9.36 Å². The van der Waals surface area contributed by atoms with E-state index in [1.165, 1.54) is 4.57 Å². The maximum Gasteiger partial charge on any atom is 0.419 e. The highest BCUT2D eigenvalue weighted by Gasteiger charge is 2.08. The normalized spacial score (nSPS) is 10.7. The van der Waals surface area contributed by atoms with Gasteiger partial charge in [0.25, 0.3) is 0 Å². The first-order valence-electron chi connectivity index (χ1n) is 5.47. The molecule has 1 N–H and O–H groups in total. The molecule has 0 aliphatic rings. The van der Waals surface area contributed by atoms with E-state index in [-0.39, 0.29) is 5.91 Å². The number of aromatic nitrogens is 1. The van der Waals surface area contributed by atoms with E-state index in [0.29, 0.717) is 24.1 Å². The van der Waals surface area contributed by atoms with Gasteiger partial charge in [0.2, 0.25) is 5.91 Å². The van der Waals surface area contributed by atoms with Crippen molar-refractivity contribution in [1.29, 1.82) is 0 Å². The number of nitrogens with one attached hydrogen (secondary N) is 1. The molecule has 0 saturated heterocycles. The van der Waals surface area contributed by atoms with Gasteiger partial charge in [-0.15, -0.1) is 0 Å². The summed E-state index contributed by atoms with van der Waals surface area (Å²) in [6, 6.07) is 5.31. The number of amides is 1. The van der Waals surface area contributed by atoms with Crippen LogP contribution in [-0.4, -0.2) is 17.0 Å². The van der Waals surface area contributed by atoms with E-state index in [2.05, 4.69) is 5.32 Å². The fourth-order valence-corrected chi connectivity index (χ4v) is 1.73. The number of rotatable bonds is 3. The number of aryl methyl sites for hydroxylation is 1. The largest absolute Gasteiger partial charge is 0.419 e. The molecule has 2 aromatic rings. The summed E-state index contributed by atoms with van der Waals surface area (Å²) in [4.78, 5) is 22.7. The summed E-state index contributed by atoms with van der Waals surface area (Å²) in [5.74, 6) is -0.421. The van der Waals surface area contributed by atoms with Gasteiger partial charge in [0.05, 0.1) is 11.9 Å². The third kappa shape index (κ3) is 2.22. The first kappa shape index (κ1) is 11.4. The van der Waals surface area contributed by atoms with Crippen LogP contribution >= 0.6 is 0 Å². The van der Waals surface area contributed by atoms with E-state index in [1.807, 2.05) is 6.92 Å². The minimum absolute atomic E-state index is 0.0275. The number of nitrogens with zero attached hydrogens (tertiary/aromatic N) is 1. The predicted octanol–water partition coefficient (Wildman–Crippen LogP) is 0.810. The Balaban J connectivity index is 2.34. The van der Waals surface area contributed by atoms with Crippen LogP contribution in [0, 0.1) is 0 Å². The molecule has 0 aliphatic carbocycles. The van der Waals surface area contributed by atoms with Gasteiger partial charge >= 0.3 is 5.76 Å². The molecule has 90 valence electrons. The summed E-state index contributed by atoms with van der Waals surface area (Å²) in [5, 5.41) is 2.73. The Morgan fingerprint density at radius 3 is 2.94 bits per heavy atom. The maximum atomic E-state index is 11.4. The number of carbonyl (C=O) groups is 1. The SMILES string of the molecule is CCNC(=O)Cc1ccc2oc(=O)n(C)c2c1. The molecular weight excluding hydrogens is 220 g/mol. The minimum Gasteiger partial charge on any atom is -0.408 e. The molecule has 0 atom stereocenters. The van der Waals surface area contributed by atoms with Crippen LogP contribution in [0.1, 0.15) is 12.5 Å². The van der Waals surface area contributed by atoms with Crippen molar-refractivity contribution in [2.24, 2.45) is 7.05 Å². The first-order chi connectivity index (χ1) is 8.11. The molecule has 0 radical (unpaired) electrons. The molecule has 0 saturated carbocycles. The van der Waals surface area contributed by atoms with Crippen LogP contribution in [0.15, 0.2) is 27.4 Å². The maximum absolute atomic E-state index is 11.4. The zero-order chi connectivity index (χ0) is 12.4. The molecule has 1 heterocycles. The van der Waals surface area contributed by atoms with Crippen molar-refractivity contribution in [1.82, 2.24) is 9.88 Å². The molecule has 0 fully saturated rings. The molecule has 2 rings (SSSR count). The Labute approximate surface area is 98.0 Å². The smallest absolute Gasteiger partial charge is 0.408 e. The summed E-state index contributed by atoms with van der Waals surface area (Å²) in [5.41, 5.74) is 2.11. The van der Waals surface area contributed by atoms with E-state index in [0.717, 1.165) is 5.56 Å². The van der Waals surface area contributed by atoms with Gasteiger partial charge in [0.1, 0.15) is 0 Å². The second-order valence-electron chi connectivity index (χ2n) is 3.86. The van der Waals surface area contributed by atoms with Crippen LogP contribution in [0.2, 0.25) is 0 Å². The van der Waals surface area contributed by atoms with Gasteiger partial charge < -0.3 is 9.73 Å². The van der Waals surface area contributed by atoms with E-state index in [4.69, 9.17) is 4.42 Å². The highest BCUT2D eigenvalue weighted by molar-refractivity contribution is 5.81. The third-order valence-electron chi connectivity index (χ3n) is 2.59. The summed E-state index contributed by atoms with van der Waals surface area (Å²) in [7, 11) is 1.64. The number of fused-ring (bicyclic) bond motifs is 1. The molecule has 1 aromatic carbocycles. The number of oxazole rings is 1. The monoisotopic (exact) mass is 234 g/mol. The van der Waals surface area contributed by atoms with Gasteiger partial charge in [0.15, 0.2) is 5.58 Å².